The molecule has 6 nitrogen and oxygen atoms in total. The van der Waals surface area contributed by atoms with Gasteiger partial charge in [0.25, 0.3) is 5.91 Å². The van der Waals surface area contributed by atoms with Gasteiger partial charge >= 0.3 is 0 Å². The van der Waals surface area contributed by atoms with Crippen molar-refractivity contribution in [1.29, 1.82) is 0 Å². The average molecular weight is 398 g/mol. The Kier molecular flexibility index (Phi) is 5.72. The fourth-order valence-corrected chi connectivity index (χ4v) is 2.79. The second-order valence-electron chi connectivity index (χ2n) is 6.67. The fourth-order valence-electron chi connectivity index (χ4n) is 2.79. The van der Waals surface area contributed by atoms with Crippen LogP contribution in [-0.2, 0) is 11.8 Å². The summed E-state index contributed by atoms with van der Waals surface area (Å²) in [4.78, 5) is 24.7. The number of para-hydroxylation sites is 1. The van der Waals surface area contributed by atoms with E-state index in [4.69, 9.17) is 0 Å². The third-order valence-corrected chi connectivity index (χ3v) is 4.44. The van der Waals surface area contributed by atoms with Crippen LogP contribution in [0.15, 0.2) is 48.5 Å². The van der Waals surface area contributed by atoms with E-state index >= 15 is 0 Å². The third-order valence-electron chi connectivity index (χ3n) is 4.44. The molecule has 0 aliphatic heterocycles. The molecular weight excluding hydrogens is 378 g/mol. The van der Waals surface area contributed by atoms with Gasteiger partial charge in [-0.2, -0.15) is 5.10 Å². The number of hydrogen-bond donors (Lipinski definition) is 2. The molecule has 0 fully saturated rings. The van der Waals surface area contributed by atoms with Gasteiger partial charge in [-0.1, -0.05) is 12.1 Å². The molecule has 8 heteroatoms. The van der Waals surface area contributed by atoms with Gasteiger partial charge in [-0.25, -0.2) is 8.78 Å². The van der Waals surface area contributed by atoms with Crippen molar-refractivity contribution in [3.63, 3.8) is 0 Å². The van der Waals surface area contributed by atoms with Gasteiger partial charge in [0, 0.05) is 12.6 Å². The van der Waals surface area contributed by atoms with Crippen molar-refractivity contribution in [3.8, 4) is 11.3 Å². The minimum atomic E-state index is -0.916. The first kappa shape index (κ1) is 20.2. The summed E-state index contributed by atoms with van der Waals surface area (Å²) in [6, 6.07) is 11.0. The largest absolute Gasteiger partial charge is 0.339 e. The molecule has 3 aromatic rings. The van der Waals surface area contributed by atoms with Crippen LogP contribution < -0.4 is 10.6 Å². The maximum absolute atomic E-state index is 13.7. The lowest BCUT2D eigenvalue weighted by Crippen LogP contribution is -2.41. The predicted molar refractivity (Wildman–Crippen MR) is 105 cm³/mol. The molecule has 0 aliphatic carbocycles. The molecule has 150 valence electrons. The summed E-state index contributed by atoms with van der Waals surface area (Å²) in [7, 11) is 1.67. The normalized spacial score (nSPS) is 11.8. The van der Waals surface area contributed by atoms with Crippen molar-refractivity contribution < 1.29 is 18.4 Å². The number of hydrogen-bond acceptors (Lipinski definition) is 3. The molecule has 1 heterocycles. The quantitative estimate of drug-likeness (QED) is 0.691. The van der Waals surface area contributed by atoms with Crippen LogP contribution in [0.3, 0.4) is 0 Å². The van der Waals surface area contributed by atoms with Crippen LogP contribution in [0.25, 0.3) is 11.3 Å². The van der Waals surface area contributed by atoms with Crippen molar-refractivity contribution in [2.75, 3.05) is 5.32 Å². The zero-order valence-electron chi connectivity index (χ0n) is 16.2. The number of aryl methyl sites for hydroxylation is 2. The van der Waals surface area contributed by atoms with Gasteiger partial charge in [0.05, 0.1) is 11.4 Å². The Bertz CT molecular complexity index is 1080. The molecule has 0 aliphatic rings. The minimum absolute atomic E-state index is 0.0328. The molecule has 1 unspecified atom stereocenters. The Labute approximate surface area is 166 Å². The van der Waals surface area contributed by atoms with Crippen LogP contribution in [-0.4, -0.2) is 27.6 Å². The van der Waals surface area contributed by atoms with Crippen LogP contribution in [0.2, 0.25) is 0 Å². The van der Waals surface area contributed by atoms with Crippen LogP contribution in [0.1, 0.15) is 23.0 Å². The molecule has 2 amide bonds. The minimum Gasteiger partial charge on any atom is -0.339 e. The smallest absolute Gasteiger partial charge is 0.272 e. The van der Waals surface area contributed by atoms with E-state index in [2.05, 4.69) is 15.7 Å². The molecule has 2 aromatic carbocycles. The van der Waals surface area contributed by atoms with Gasteiger partial charge in [-0.05, 0) is 55.8 Å². The van der Waals surface area contributed by atoms with Crippen molar-refractivity contribution in [2.45, 2.75) is 19.9 Å². The highest BCUT2D eigenvalue weighted by Crippen LogP contribution is 2.22. The number of nitrogens with zero attached hydrogens (tertiary/aromatic N) is 2. The van der Waals surface area contributed by atoms with Crippen molar-refractivity contribution in [1.82, 2.24) is 15.1 Å². The monoisotopic (exact) mass is 398 g/mol. The SMILES string of the molecule is Cc1cc(-c2cc(C(=O)NC(C)C(=O)Nc3ccccc3F)nn2C)ccc1F. The lowest BCUT2D eigenvalue weighted by Gasteiger charge is -2.13. The second-order valence-corrected chi connectivity index (χ2v) is 6.67. The van der Waals surface area contributed by atoms with Crippen LogP contribution in [0.4, 0.5) is 14.5 Å². The number of anilines is 1. The van der Waals surface area contributed by atoms with Gasteiger partial charge < -0.3 is 10.6 Å². The van der Waals surface area contributed by atoms with E-state index < -0.39 is 23.7 Å². The summed E-state index contributed by atoms with van der Waals surface area (Å²) in [6.07, 6.45) is 0. The zero-order chi connectivity index (χ0) is 21.1. The maximum atomic E-state index is 13.7. The molecule has 0 saturated carbocycles. The Balaban J connectivity index is 1.71. The number of nitrogens with one attached hydrogen (secondary N) is 2. The Morgan fingerprint density at radius 2 is 1.79 bits per heavy atom. The van der Waals surface area contributed by atoms with Crippen molar-refractivity contribution >= 4 is 17.5 Å². The molecular formula is C21H20F2N4O2. The molecule has 0 radical (unpaired) electrons. The van der Waals surface area contributed by atoms with Gasteiger partial charge in [0.1, 0.15) is 17.7 Å². The highest BCUT2D eigenvalue weighted by Gasteiger charge is 2.20. The van der Waals surface area contributed by atoms with E-state index in [-0.39, 0.29) is 17.2 Å². The lowest BCUT2D eigenvalue weighted by atomic mass is 10.1. The number of aromatic nitrogens is 2. The molecule has 1 atom stereocenters. The highest BCUT2D eigenvalue weighted by atomic mass is 19.1. The number of halogens is 2. The van der Waals surface area contributed by atoms with E-state index in [0.717, 1.165) is 0 Å². The summed E-state index contributed by atoms with van der Waals surface area (Å²) >= 11 is 0. The molecule has 29 heavy (non-hydrogen) atoms. The summed E-state index contributed by atoms with van der Waals surface area (Å²) in [5.74, 6) is -2.00. The fraction of sp³-hybridized carbons (Fsp3) is 0.190. The molecule has 2 N–H and O–H groups in total. The molecule has 0 saturated heterocycles. The first-order chi connectivity index (χ1) is 13.8. The third kappa shape index (κ3) is 4.48. The number of rotatable bonds is 5. The Morgan fingerprint density at radius 1 is 1.07 bits per heavy atom. The topological polar surface area (TPSA) is 76.0 Å². The second kappa shape index (κ2) is 8.22. The Morgan fingerprint density at radius 3 is 2.48 bits per heavy atom. The van der Waals surface area contributed by atoms with Crippen LogP contribution >= 0.6 is 0 Å². The van der Waals surface area contributed by atoms with E-state index in [1.54, 1.807) is 38.2 Å². The average Bonchev–Trinajstić information content (AvgIpc) is 3.07. The van der Waals surface area contributed by atoms with Crippen LogP contribution in [0.5, 0.6) is 0 Å². The number of benzene rings is 2. The zero-order valence-corrected chi connectivity index (χ0v) is 16.2. The number of carbonyl (C=O) groups is 2. The van der Waals surface area contributed by atoms with Gasteiger partial charge in [0.15, 0.2) is 5.69 Å². The van der Waals surface area contributed by atoms with Gasteiger partial charge in [-0.15, -0.1) is 0 Å². The van der Waals surface area contributed by atoms with Crippen molar-refractivity contribution in [2.24, 2.45) is 7.05 Å². The van der Waals surface area contributed by atoms with E-state index in [0.29, 0.717) is 16.8 Å². The van der Waals surface area contributed by atoms with E-state index in [1.807, 2.05) is 0 Å². The molecule has 1 aromatic heterocycles. The first-order valence-corrected chi connectivity index (χ1v) is 8.93. The predicted octanol–water partition coefficient (Wildman–Crippen LogP) is 3.43. The number of amides is 2. The molecule has 0 spiro atoms. The van der Waals surface area contributed by atoms with Crippen molar-refractivity contribution in [3.05, 3.63) is 71.4 Å². The lowest BCUT2D eigenvalue weighted by molar-refractivity contribution is -0.117. The van der Waals surface area contributed by atoms with Gasteiger partial charge in [0.2, 0.25) is 5.91 Å². The Hall–Kier alpha value is -3.55. The standard InChI is InChI=1S/C21H20F2N4O2/c1-12-10-14(8-9-15(12)22)19-11-18(26-27(19)3)21(29)24-13(2)20(28)25-17-7-5-4-6-16(17)23/h4-11,13H,1-3H3,(H,24,29)(H,25,28). The van der Waals surface area contributed by atoms with E-state index in [9.17, 15) is 18.4 Å². The molecule has 3 rings (SSSR count). The number of carbonyl (C=O) groups excluding carboxylic acids is 2. The summed E-state index contributed by atoms with van der Waals surface area (Å²) in [5.41, 5.74) is 1.96. The summed E-state index contributed by atoms with van der Waals surface area (Å²) in [6.45, 7) is 3.14. The first-order valence-electron chi connectivity index (χ1n) is 8.93. The van der Waals surface area contributed by atoms with E-state index in [1.165, 1.54) is 35.9 Å². The summed E-state index contributed by atoms with van der Waals surface area (Å²) < 4.78 is 28.7. The maximum Gasteiger partial charge on any atom is 0.272 e. The highest BCUT2D eigenvalue weighted by molar-refractivity contribution is 6.00. The molecule has 0 bridgehead atoms. The summed E-state index contributed by atoms with van der Waals surface area (Å²) in [5, 5.41) is 9.14. The van der Waals surface area contributed by atoms with Gasteiger partial charge in [-0.3, -0.25) is 14.3 Å². The van der Waals surface area contributed by atoms with Crippen LogP contribution in [0, 0.1) is 18.6 Å².